The molecule has 1 aliphatic rings. The van der Waals surface area contributed by atoms with Gasteiger partial charge in [-0.25, -0.2) is 0 Å². The number of carbonyl (C=O) groups is 2. The maximum atomic E-state index is 11.7. The van der Waals surface area contributed by atoms with Gasteiger partial charge in [0.1, 0.15) is 0 Å². The van der Waals surface area contributed by atoms with Crippen molar-refractivity contribution in [3.8, 4) is 0 Å². The van der Waals surface area contributed by atoms with Gasteiger partial charge in [0.2, 0.25) is 0 Å². The van der Waals surface area contributed by atoms with Crippen LogP contribution in [-0.2, 0) is 11.3 Å². The second kappa shape index (κ2) is 5.33. The summed E-state index contributed by atoms with van der Waals surface area (Å²) in [7, 11) is 1.97. The van der Waals surface area contributed by atoms with Crippen molar-refractivity contribution in [1.82, 2.24) is 0 Å². The van der Waals surface area contributed by atoms with Crippen molar-refractivity contribution >= 4 is 39.0 Å². The Morgan fingerprint density at radius 1 is 1.14 bits per heavy atom. The molecule has 0 radical (unpaired) electrons. The van der Waals surface area contributed by atoms with E-state index in [1.807, 2.05) is 31.3 Å². The lowest BCUT2D eigenvalue weighted by molar-refractivity contribution is -0.112. The number of hydrogen-bond acceptors (Lipinski definition) is 3. The zero-order valence-corrected chi connectivity index (χ0v) is 13.0. The van der Waals surface area contributed by atoms with Gasteiger partial charge in [0.25, 0.3) is 11.7 Å². The number of nitrogens with one attached hydrogen (secondary N) is 1. The van der Waals surface area contributed by atoms with Crippen molar-refractivity contribution < 1.29 is 9.59 Å². The van der Waals surface area contributed by atoms with Crippen LogP contribution in [0.2, 0.25) is 0 Å². The van der Waals surface area contributed by atoms with Crippen LogP contribution in [0.1, 0.15) is 15.9 Å². The van der Waals surface area contributed by atoms with Crippen LogP contribution in [0, 0.1) is 0 Å². The van der Waals surface area contributed by atoms with Gasteiger partial charge in [-0.05, 0) is 33.6 Å². The van der Waals surface area contributed by atoms with Crippen LogP contribution in [0.3, 0.4) is 0 Å². The second-order valence-corrected chi connectivity index (χ2v) is 5.83. The molecule has 106 valence electrons. The fourth-order valence-electron chi connectivity index (χ4n) is 2.39. The van der Waals surface area contributed by atoms with Gasteiger partial charge in [0.15, 0.2) is 0 Å². The molecule has 1 heterocycles. The smallest absolute Gasteiger partial charge is 0.296 e. The predicted octanol–water partition coefficient (Wildman–Crippen LogP) is 3.22. The van der Waals surface area contributed by atoms with E-state index in [1.54, 1.807) is 6.07 Å². The summed E-state index contributed by atoms with van der Waals surface area (Å²) in [4.78, 5) is 25.2. The minimum Gasteiger partial charge on any atom is -0.369 e. The summed E-state index contributed by atoms with van der Waals surface area (Å²) < 4.78 is 0.796. The van der Waals surface area contributed by atoms with Gasteiger partial charge in [-0.1, -0.05) is 30.3 Å². The standard InChI is InChI=1S/C16H13BrN2O2/c1-19(9-10-5-3-2-4-6-10)14-8-13-11(7-12(14)17)15(20)16(21)18-13/h2-8H,9H2,1H3,(H,18,20,21). The molecule has 0 bridgehead atoms. The number of benzene rings is 2. The summed E-state index contributed by atoms with van der Waals surface area (Å²) in [6, 6.07) is 13.6. The molecule has 0 aromatic heterocycles. The lowest BCUT2D eigenvalue weighted by atomic mass is 10.1. The number of amides is 1. The van der Waals surface area contributed by atoms with E-state index in [1.165, 1.54) is 5.56 Å². The molecule has 0 unspecified atom stereocenters. The Balaban J connectivity index is 1.91. The highest BCUT2D eigenvalue weighted by Crippen LogP contribution is 2.35. The third kappa shape index (κ3) is 2.56. The Labute approximate surface area is 130 Å². The van der Waals surface area contributed by atoms with Crippen LogP contribution in [0.15, 0.2) is 46.9 Å². The Morgan fingerprint density at radius 3 is 2.57 bits per heavy atom. The minimum atomic E-state index is -0.570. The summed E-state index contributed by atoms with van der Waals surface area (Å²) in [5, 5.41) is 2.60. The largest absolute Gasteiger partial charge is 0.369 e. The van der Waals surface area contributed by atoms with E-state index in [-0.39, 0.29) is 0 Å². The van der Waals surface area contributed by atoms with Gasteiger partial charge in [0.05, 0.1) is 16.9 Å². The quantitative estimate of drug-likeness (QED) is 0.869. The van der Waals surface area contributed by atoms with Crippen molar-refractivity contribution in [1.29, 1.82) is 0 Å². The monoisotopic (exact) mass is 344 g/mol. The van der Waals surface area contributed by atoms with Crippen molar-refractivity contribution in [3.63, 3.8) is 0 Å². The molecule has 4 nitrogen and oxygen atoms in total. The molecule has 21 heavy (non-hydrogen) atoms. The molecular formula is C16H13BrN2O2. The molecule has 0 atom stereocenters. The van der Waals surface area contributed by atoms with Crippen LogP contribution in [-0.4, -0.2) is 18.7 Å². The Hall–Kier alpha value is -2.14. The topological polar surface area (TPSA) is 49.4 Å². The first-order valence-electron chi connectivity index (χ1n) is 6.50. The summed E-state index contributed by atoms with van der Waals surface area (Å²) in [6.45, 7) is 0.736. The van der Waals surface area contributed by atoms with E-state index in [9.17, 15) is 9.59 Å². The van der Waals surface area contributed by atoms with Crippen LogP contribution in [0.25, 0.3) is 0 Å². The number of rotatable bonds is 3. The number of fused-ring (bicyclic) bond motifs is 1. The first-order valence-corrected chi connectivity index (χ1v) is 7.30. The highest BCUT2D eigenvalue weighted by Gasteiger charge is 2.29. The lowest BCUT2D eigenvalue weighted by Crippen LogP contribution is -2.17. The number of carbonyl (C=O) groups excluding carboxylic acids is 2. The maximum Gasteiger partial charge on any atom is 0.296 e. The van der Waals surface area contributed by atoms with Gasteiger partial charge in [0, 0.05) is 18.1 Å². The molecule has 0 spiro atoms. The molecule has 0 saturated heterocycles. The zero-order chi connectivity index (χ0) is 15.0. The third-order valence-electron chi connectivity index (χ3n) is 3.46. The summed E-state index contributed by atoms with van der Waals surface area (Å²) >= 11 is 3.48. The molecule has 1 aliphatic heterocycles. The minimum absolute atomic E-state index is 0.420. The van der Waals surface area contributed by atoms with Crippen molar-refractivity contribution in [2.24, 2.45) is 0 Å². The van der Waals surface area contributed by atoms with E-state index in [0.29, 0.717) is 11.3 Å². The van der Waals surface area contributed by atoms with E-state index < -0.39 is 11.7 Å². The first kappa shape index (κ1) is 13.8. The predicted molar refractivity (Wildman–Crippen MR) is 85.7 cm³/mol. The summed E-state index contributed by atoms with van der Waals surface area (Å²) in [5.41, 5.74) is 3.10. The molecule has 5 heteroatoms. The number of hydrogen-bond donors (Lipinski definition) is 1. The van der Waals surface area contributed by atoms with Gasteiger partial charge >= 0.3 is 0 Å². The highest BCUT2D eigenvalue weighted by molar-refractivity contribution is 9.10. The third-order valence-corrected chi connectivity index (χ3v) is 4.10. The summed E-state index contributed by atoms with van der Waals surface area (Å²) in [5.74, 6) is -1.05. The molecule has 1 amide bonds. The average Bonchev–Trinajstić information content (AvgIpc) is 2.74. The van der Waals surface area contributed by atoms with Gasteiger partial charge in [-0.2, -0.15) is 0 Å². The molecule has 3 rings (SSSR count). The average molecular weight is 345 g/mol. The molecule has 0 aliphatic carbocycles. The van der Waals surface area contributed by atoms with Crippen molar-refractivity contribution in [3.05, 3.63) is 58.1 Å². The van der Waals surface area contributed by atoms with Crippen LogP contribution < -0.4 is 10.2 Å². The molecule has 0 saturated carbocycles. The summed E-state index contributed by atoms with van der Waals surface area (Å²) in [6.07, 6.45) is 0. The second-order valence-electron chi connectivity index (χ2n) is 4.97. The number of nitrogens with zero attached hydrogens (tertiary/aromatic N) is 1. The number of anilines is 2. The van der Waals surface area contributed by atoms with Crippen LogP contribution >= 0.6 is 15.9 Å². The first-order chi connectivity index (χ1) is 10.1. The van der Waals surface area contributed by atoms with Crippen LogP contribution in [0.4, 0.5) is 11.4 Å². The normalized spacial score (nSPS) is 13.0. The fraction of sp³-hybridized carbons (Fsp3) is 0.125. The van der Waals surface area contributed by atoms with Gasteiger partial charge in [-0.3, -0.25) is 9.59 Å². The van der Waals surface area contributed by atoms with E-state index in [2.05, 4.69) is 38.3 Å². The highest BCUT2D eigenvalue weighted by atomic mass is 79.9. The lowest BCUT2D eigenvalue weighted by Gasteiger charge is -2.21. The van der Waals surface area contributed by atoms with Gasteiger partial charge in [-0.15, -0.1) is 0 Å². The maximum absolute atomic E-state index is 11.7. The van der Waals surface area contributed by atoms with E-state index >= 15 is 0 Å². The molecule has 1 N–H and O–H groups in total. The Bertz CT molecular complexity index is 729. The number of Topliss-reactive ketones (excluding diaryl/α,β-unsaturated/α-hetero) is 1. The van der Waals surface area contributed by atoms with Crippen molar-refractivity contribution in [2.45, 2.75) is 6.54 Å². The van der Waals surface area contributed by atoms with Crippen molar-refractivity contribution in [2.75, 3.05) is 17.3 Å². The zero-order valence-electron chi connectivity index (χ0n) is 11.4. The van der Waals surface area contributed by atoms with Crippen LogP contribution in [0.5, 0.6) is 0 Å². The fourth-order valence-corrected chi connectivity index (χ4v) is 3.04. The van der Waals surface area contributed by atoms with Gasteiger partial charge < -0.3 is 10.2 Å². The Kier molecular flexibility index (Phi) is 3.51. The number of halogens is 1. The number of ketones is 1. The van der Waals surface area contributed by atoms with E-state index in [4.69, 9.17) is 0 Å². The van der Waals surface area contributed by atoms with E-state index in [0.717, 1.165) is 16.7 Å². The molecule has 2 aromatic rings. The molecular weight excluding hydrogens is 332 g/mol. The molecule has 0 fully saturated rings. The SMILES string of the molecule is CN(Cc1ccccc1)c1cc2c(cc1Br)C(=O)C(=O)N2. The Morgan fingerprint density at radius 2 is 1.86 bits per heavy atom. The molecule has 2 aromatic carbocycles.